The normalized spacial score (nSPS) is 10.6. The fourth-order valence-electron chi connectivity index (χ4n) is 2.48. The Bertz CT molecular complexity index is 834. The van der Waals surface area contributed by atoms with Crippen molar-refractivity contribution in [2.45, 2.75) is 13.3 Å². The Hall–Kier alpha value is -2.81. The smallest absolute Gasteiger partial charge is 0.343 e. The van der Waals surface area contributed by atoms with Gasteiger partial charge in [-0.05, 0) is 12.5 Å². The van der Waals surface area contributed by atoms with Crippen molar-refractivity contribution in [2.24, 2.45) is 0 Å². The van der Waals surface area contributed by atoms with Crippen molar-refractivity contribution < 1.29 is 9.52 Å². The molecule has 0 fully saturated rings. The van der Waals surface area contributed by atoms with Crippen LogP contribution in [-0.4, -0.2) is 5.11 Å². The molecule has 0 saturated heterocycles. The minimum atomic E-state index is -0.495. The third kappa shape index (κ3) is 2.66. The molecule has 3 aromatic rings. The highest BCUT2D eigenvalue weighted by Crippen LogP contribution is 2.30. The second-order valence-corrected chi connectivity index (χ2v) is 5.20. The number of hydrogen-bond donors (Lipinski definition) is 1. The van der Waals surface area contributed by atoms with Crippen LogP contribution in [0.5, 0.6) is 5.75 Å². The lowest BCUT2D eigenvalue weighted by molar-refractivity contribution is 0.437. The molecule has 0 saturated carbocycles. The summed E-state index contributed by atoms with van der Waals surface area (Å²) < 4.78 is 5.46. The molecule has 0 spiro atoms. The van der Waals surface area contributed by atoms with E-state index in [9.17, 15) is 9.90 Å². The van der Waals surface area contributed by atoms with Gasteiger partial charge < -0.3 is 9.52 Å². The van der Waals surface area contributed by atoms with Crippen molar-refractivity contribution in [1.29, 1.82) is 0 Å². The van der Waals surface area contributed by atoms with E-state index < -0.39 is 5.63 Å². The van der Waals surface area contributed by atoms with Gasteiger partial charge in [-0.1, -0.05) is 60.7 Å². The van der Waals surface area contributed by atoms with Gasteiger partial charge in [-0.15, -0.1) is 0 Å². The molecular weight excluding hydrogens is 276 g/mol. The predicted molar refractivity (Wildman–Crippen MR) is 86.1 cm³/mol. The Morgan fingerprint density at radius 3 is 2.18 bits per heavy atom. The monoisotopic (exact) mass is 292 g/mol. The maximum atomic E-state index is 12.3. The molecule has 0 atom stereocenters. The predicted octanol–water partition coefficient (Wildman–Crippen LogP) is 3.91. The van der Waals surface area contributed by atoms with Gasteiger partial charge in [-0.2, -0.15) is 0 Å². The molecule has 0 unspecified atom stereocenters. The molecule has 110 valence electrons. The van der Waals surface area contributed by atoms with E-state index >= 15 is 0 Å². The summed E-state index contributed by atoms with van der Waals surface area (Å²) in [5, 5.41) is 10.4. The van der Waals surface area contributed by atoms with Crippen LogP contribution in [-0.2, 0) is 6.42 Å². The molecule has 3 heteroatoms. The van der Waals surface area contributed by atoms with E-state index in [1.807, 2.05) is 60.7 Å². The van der Waals surface area contributed by atoms with Crippen molar-refractivity contribution in [1.82, 2.24) is 0 Å². The van der Waals surface area contributed by atoms with Crippen LogP contribution in [0, 0.1) is 6.92 Å². The molecule has 2 aromatic carbocycles. The summed E-state index contributed by atoms with van der Waals surface area (Å²) in [5.74, 6) is 0.430. The molecule has 0 aliphatic heterocycles. The van der Waals surface area contributed by atoms with Crippen LogP contribution in [0.25, 0.3) is 11.3 Å². The Morgan fingerprint density at radius 2 is 1.55 bits per heavy atom. The van der Waals surface area contributed by atoms with E-state index in [1.165, 1.54) is 0 Å². The fourth-order valence-corrected chi connectivity index (χ4v) is 2.48. The van der Waals surface area contributed by atoms with Gasteiger partial charge >= 0.3 is 5.63 Å². The average Bonchev–Trinajstić information content (AvgIpc) is 2.57. The van der Waals surface area contributed by atoms with E-state index in [0.29, 0.717) is 23.3 Å². The first-order chi connectivity index (χ1) is 10.7. The lowest BCUT2D eigenvalue weighted by Gasteiger charge is -2.10. The van der Waals surface area contributed by atoms with E-state index in [4.69, 9.17) is 4.42 Å². The van der Waals surface area contributed by atoms with E-state index in [0.717, 1.165) is 11.1 Å². The molecule has 1 N–H and O–H groups in total. The summed E-state index contributed by atoms with van der Waals surface area (Å²) in [7, 11) is 0. The summed E-state index contributed by atoms with van der Waals surface area (Å²) >= 11 is 0. The van der Waals surface area contributed by atoms with Crippen LogP contribution >= 0.6 is 0 Å². The van der Waals surface area contributed by atoms with Gasteiger partial charge in [-0.3, -0.25) is 0 Å². The van der Waals surface area contributed by atoms with Gasteiger partial charge in [0, 0.05) is 17.5 Å². The molecule has 0 bridgehead atoms. The summed E-state index contributed by atoms with van der Waals surface area (Å²) in [5.41, 5.74) is 2.11. The maximum Gasteiger partial charge on any atom is 0.343 e. The first kappa shape index (κ1) is 14.1. The third-order valence-electron chi connectivity index (χ3n) is 3.68. The van der Waals surface area contributed by atoms with Crippen LogP contribution in [0.2, 0.25) is 0 Å². The van der Waals surface area contributed by atoms with Gasteiger partial charge in [0.25, 0.3) is 0 Å². The van der Waals surface area contributed by atoms with Crippen LogP contribution in [0.15, 0.2) is 69.9 Å². The van der Waals surface area contributed by atoms with Crippen LogP contribution in [0.3, 0.4) is 0 Å². The minimum Gasteiger partial charge on any atom is -0.507 e. The molecule has 0 aliphatic rings. The molecule has 1 heterocycles. The largest absolute Gasteiger partial charge is 0.507 e. The van der Waals surface area contributed by atoms with E-state index in [-0.39, 0.29) is 5.75 Å². The van der Waals surface area contributed by atoms with E-state index in [1.54, 1.807) is 6.92 Å². The van der Waals surface area contributed by atoms with Crippen LogP contribution < -0.4 is 5.63 Å². The van der Waals surface area contributed by atoms with Crippen molar-refractivity contribution >= 4 is 0 Å². The lowest BCUT2D eigenvalue weighted by atomic mass is 10.0. The number of aromatic hydroxyl groups is 1. The van der Waals surface area contributed by atoms with Gasteiger partial charge in [-0.25, -0.2) is 4.79 Å². The lowest BCUT2D eigenvalue weighted by Crippen LogP contribution is -2.10. The van der Waals surface area contributed by atoms with Crippen LogP contribution in [0.4, 0.5) is 0 Å². The zero-order valence-corrected chi connectivity index (χ0v) is 12.2. The van der Waals surface area contributed by atoms with Crippen LogP contribution in [0.1, 0.15) is 16.7 Å². The average molecular weight is 292 g/mol. The molecule has 3 rings (SSSR count). The Labute approximate surface area is 128 Å². The first-order valence-electron chi connectivity index (χ1n) is 7.11. The number of rotatable bonds is 3. The fraction of sp³-hybridized carbons (Fsp3) is 0.105. The quantitative estimate of drug-likeness (QED) is 0.796. The first-order valence-corrected chi connectivity index (χ1v) is 7.11. The van der Waals surface area contributed by atoms with Gasteiger partial charge in [0.1, 0.15) is 11.5 Å². The summed E-state index contributed by atoms with van der Waals surface area (Å²) in [6, 6.07) is 18.9. The van der Waals surface area contributed by atoms with Crippen molar-refractivity contribution in [3.63, 3.8) is 0 Å². The Balaban J connectivity index is 2.08. The van der Waals surface area contributed by atoms with Crippen molar-refractivity contribution in [2.75, 3.05) is 0 Å². The zero-order chi connectivity index (χ0) is 15.5. The Morgan fingerprint density at radius 1 is 0.955 bits per heavy atom. The highest BCUT2D eigenvalue weighted by molar-refractivity contribution is 5.64. The second-order valence-electron chi connectivity index (χ2n) is 5.20. The molecule has 22 heavy (non-hydrogen) atoms. The van der Waals surface area contributed by atoms with Gasteiger partial charge in [0.05, 0.1) is 5.56 Å². The van der Waals surface area contributed by atoms with E-state index in [2.05, 4.69) is 0 Å². The summed E-state index contributed by atoms with van der Waals surface area (Å²) in [6.45, 7) is 1.76. The molecule has 3 nitrogen and oxygen atoms in total. The topological polar surface area (TPSA) is 50.4 Å². The number of hydrogen-bond acceptors (Lipinski definition) is 3. The second kappa shape index (κ2) is 5.90. The minimum absolute atomic E-state index is 0.0129. The molecule has 0 amide bonds. The third-order valence-corrected chi connectivity index (χ3v) is 3.68. The summed E-state index contributed by atoms with van der Waals surface area (Å²) in [4.78, 5) is 12.3. The highest BCUT2D eigenvalue weighted by atomic mass is 16.4. The molecule has 0 aliphatic carbocycles. The zero-order valence-electron chi connectivity index (χ0n) is 12.2. The molecule has 1 aromatic heterocycles. The molecule has 0 radical (unpaired) electrons. The SMILES string of the molecule is Cc1c(-c2ccccc2)oc(=O)c(Cc2ccccc2)c1O. The van der Waals surface area contributed by atoms with Gasteiger partial charge in [0.15, 0.2) is 0 Å². The number of benzene rings is 2. The Kier molecular flexibility index (Phi) is 3.79. The van der Waals surface area contributed by atoms with Gasteiger partial charge in [0.2, 0.25) is 0 Å². The maximum absolute atomic E-state index is 12.3. The standard InChI is InChI=1S/C19H16O3/c1-13-17(20)16(12-14-8-4-2-5-9-14)19(21)22-18(13)15-10-6-3-7-11-15/h2-11,20H,12H2,1H3. The highest BCUT2D eigenvalue weighted by Gasteiger charge is 2.17. The van der Waals surface area contributed by atoms with Crippen molar-refractivity contribution in [3.05, 3.63) is 87.8 Å². The van der Waals surface area contributed by atoms with Crippen molar-refractivity contribution in [3.8, 4) is 17.1 Å². The molecular formula is C19H16O3. The summed E-state index contributed by atoms with van der Waals surface area (Å²) in [6.07, 6.45) is 0.352.